The van der Waals surface area contributed by atoms with Crippen LogP contribution < -0.4 is 0 Å². The standard InChI is InChI=1S/C48H83NO7/c1-6-8-10-12-14-16-17-18-19-20-21-22-23-24-25-26-27-28-29-31-33-35-37-39-47(51)56-44(42-54-41-40-45(48(52)53)49(3,4)5)43-55-46(50)38-36-34-32-30-15-13-11-9-7-2/h8,10,14,16,18-19,21-22,30,32,44-45H,6-7,9,11-13,15,17,20,23-29,31,33-43H2,1-5H3/p+1/b10-8+,16-14+,19-18+,22-21+,32-30+. The molecule has 322 valence electrons. The number of carbonyl (C=O) groups excluding carboxylic acids is 2. The zero-order valence-corrected chi connectivity index (χ0v) is 36.6. The van der Waals surface area contributed by atoms with Gasteiger partial charge in [-0.15, -0.1) is 0 Å². The van der Waals surface area contributed by atoms with Crippen LogP contribution in [0.4, 0.5) is 0 Å². The summed E-state index contributed by atoms with van der Waals surface area (Å²) >= 11 is 0. The molecule has 2 atom stereocenters. The Balaban J connectivity index is 4.24. The smallest absolute Gasteiger partial charge is 0.362 e. The number of nitrogens with zero attached hydrogens (tertiary/aromatic N) is 1. The average Bonchev–Trinajstić information content (AvgIpc) is 3.15. The molecule has 0 rings (SSSR count). The fourth-order valence-corrected chi connectivity index (χ4v) is 6.20. The molecule has 1 N–H and O–H groups in total. The van der Waals surface area contributed by atoms with Gasteiger partial charge in [0, 0.05) is 19.3 Å². The summed E-state index contributed by atoms with van der Waals surface area (Å²) in [5.74, 6) is -1.52. The van der Waals surface area contributed by atoms with Crippen LogP contribution in [-0.4, -0.2) is 80.6 Å². The molecule has 0 bridgehead atoms. The summed E-state index contributed by atoms with van der Waals surface area (Å²) in [4.78, 5) is 36.9. The first-order valence-corrected chi connectivity index (χ1v) is 22.3. The lowest BCUT2D eigenvalue weighted by atomic mass is 10.0. The molecule has 8 heteroatoms. The molecule has 56 heavy (non-hydrogen) atoms. The molecule has 0 aromatic heterocycles. The summed E-state index contributed by atoms with van der Waals surface area (Å²) < 4.78 is 17.2. The Morgan fingerprint density at radius 2 is 1.02 bits per heavy atom. The van der Waals surface area contributed by atoms with E-state index in [1.807, 2.05) is 21.1 Å². The van der Waals surface area contributed by atoms with Crippen molar-refractivity contribution in [1.82, 2.24) is 0 Å². The van der Waals surface area contributed by atoms with Gasteiger partial charge in [0.2, 0.25) is 0 Å². The number of quaternary nitrogens is 1. The van der Waals surface area contributed by atoms with Crippen LogP contribution in [0.2, 0.25) is 0 Å². The van der Waals surface area contributed by atoms with Gasteiger partial charge in [-0.05, 0) is 70.6 Å². The van der Waals surface area contributed by atoms with Gasteiger partial charge in [-0.25, -0.2) is 4.79 Å². The Hall–Kier alpha value is -2.97. The highest BCUT2D eigenvalue weighted by molar-refractivity contribution is 5.72. The van der Waals surface area contributed by atoms with Gasteiger partial charge in [0.05, 0.1) is 34.4 Å². The van der Waals surface area contributed by atoms with Gasteiger partial charge in [-0.3, -0.25) is 9.59 Å². The van der Waals surface area contributed by atoms with Crippen LogP contribution in [0.1, 0.15) is 174 Å². The molecule has 0 aliphatic carbocycles. The third-order valence-corrected chi connectivity index (χ3v) is 9.65. The predicted molar refractivity (Wildman–Crippen MR) is 234 cm³/mol. The van der Waals surface area contributed by atoms with E-state index in [1.165, 1.54) is 77.0 Å². The monoisotopic (exact) mass is 787 g/mol. The number of carbonyl (C=O) groups is 3. The van der Waals surface area contributed by atoms with Crippen molar-refractivity contribution in [3.05, 3.63) is 60.8 Å². The van der Waals surface area contributed by atoms with Gasteiger partial charge in [0.1, 0.15) is 6.61 Å². The molecule has 0 heterocycles. The van der Waals surface area contributed by atoms with E-state index in [0.29, 0.717) is 25.7 Å². The summed E-state index contributed by atoms with van der Waals surface area (Å²) in [6.45, 7) is 4.55. The molecule has 8 nitrogen and oxygen atoms in total. The first-order valence-electron chi connectivity index (χ1n) is 22.3. The Morgan fingerprint density at radius 3 is 1.55 bits per heavy atom. The molecule has 0 radical (unpaired) electrons. The molecule has 0 aromatic rings. The summed E-state index contributed by atoms with van der Waals surface area (Å²) in [5.41, 5.74) is 0. The van der Waals surface area contributed by atoms with Crippen molar-refractivity contribution in [3.8, 4) is 0 Å². The minimum atomic E-state index is -0.881. The maximum Gasteiger partial charge on any atom is 0.362 e. The lowest BCUT2D eigenvalue weighted by Crippen LogP contribution is -2.50. The highest BCUT2D eigenvalue weighted by Gasteiger charge is 2.31. The summed E-state index contributed by atoms with van der Waals surface area (Å²) in [6.07, 6.45) is 47.1. The highest BCUT2D eigenvalue weighted by atomic mass is 16.6. The van der Waals surface area contributed by atoms with Crippen molar-refractivity contribution in [2.24, 2.45) is 0 Å². The van der Waals surface area contributed by atoms with Crippen molar-refractivity contribution in [3.63, 3.8) is 0 Å². The maximum absolute atomic E-state index is 12.7. The van der Waals surface area contributed by atoms with Crippen LogP contribution in [0.3, 0.4) is 0 Å². The van der Waals surface area contributed by atoms with Crippen molar-refractivity contribution in [1.29, 1.82) is 0 Å². The predicted octanol–water partition coefficient (Wildman–Crippen LogP) is 12.2. The second-order valence-corrected chi connectivity index (χ2v) is 15.9. The number of allylic oxidation sites excluding steroid dienone is 10. The summed E-state index contributed by atoms with van der Waals surface area (Å²) in [7, 11) is 5.51. The topological polar surface area (TPSA) is 99.1 Å². The fourth-order valence-electron chi connectivity index (χ4n) is 6.20. The number of ether oxygens (including phenoxy) is 3. The van der Waals surface area contributed by atoms with Crippen molar-refractivity contribution < 1.29 is 38.2 Å². The zero-order chi connectivity index (χ0) is 41.4. The number of aliphatic carboxylic acids is 1. The number of esters is 2. The minimum Gasteiger partial charge on any atom is -0.477 e. The number of carboxylic acids is 1. The molecule has 0 amide bonds. The van der Waals surface area contributed by atoms with Crippen LogP contribution in [0.25, 0.3) is 0 Å². The average molecular weight is 787 g/mol. The molecule has 0 aliphatic heterocycles. The summed E-state index contributed by atoms with van der Waals surface area (Å²) in [5, 5.41) is 9.60. The van der Waals surface area contributed by atoms with E-state index in [-0.39, 0.29) is 36.2 Å². The van der Waals surface area contributed by atoms with Gasteiger partial charge in [-0.2, -0.15) is 0 Å². The fraction of sp³-hybridized carbons (Fsp3) is 0.729. The van der Waals surface area contributed by atoms with Crippen LogP contribution in [0.15, 0.2) is 60.8 Å². The van der Waals surface area contributed by atoms with Crippen LogP contribution in [-0.2, 0) is 28.6 Å². The Morgan fingerprint density at radius 1 is 0.554 bits per heavy atom. The van der Waals surface area contributed by atoms with Gasteiger partial charge >= 0.3 is 17.9 Å². The van der Waals surface area contributed by atoms with E-state index in [0.717, 1.165) is 57.8 Å². The van der Waals surface area contributed by atoms with Crippen LogP contribution in [0, 0.1) is 0 Å². The van der Waals surface area contributed by atoms with Crippen molar-refractivity contribution in [2.75, 3.05) is 41.0 Å². The molecule has 0 aromatic carbocycles. The van der Waals surface area contributed by atoms with E-state index < -0.39 is 18.1 Å². The Kier molecular flexibility index (Phi) is 36.8. The molecule has 0 fully saturated rings. The lowest BCUT2D eigenvalue weighted by Gasteiger charge is -2.31. The quantitative estimate of drug-likeness (QED) is 0.0287. The molecule has 0 saturated heterocycles. The number of hydrogen-bond donors (Lipinski definition) is 1. The molecule has 2 unspecified atom stereocenters. The second-order valence-electron chi connectivity index (χ2n) is 15.9. The molecule has 0 aliphatic rings. The largest absolute Gasteiger partial charge is 0.477 e. The summed E-state index contributed by atoms with van der Waals surface area (Å²) in [6, 6.07) is -0.619. The van der Waals surface area contributed by atoms with Crippen molar-refractivity contribution in [2.45, 2.75) is 187 Å². The first-order chi connectivity index (χ1) is 27.1. The number of likely N-dealkylation sites (N-methyl/N-ethyl adjacent to an activating group) is 1. The SMILES string of the molecule is CC/C=C/C/C=C/C/C=C/C/C=C/CCCCCCCCCCCCC(=O)OC(COCCC(C(=O)O)[N+](C)(C)C)COC(=O)CCC/C=C/CCCCCC. The molecular weight excluding hydrogens is 703 g/mol. The van der Waals surface area contributed by atoms with E-state index in [9.17, 15) is 19.5 Å². The number of unbranched alkanes of at least 4 members (excludes halogenated alkanes) is 15. The maximum atomic E-state index is 12.7. The molecule has 0 spiro atoms. The Bertz CT molecular complexity index is 1100. The van der Waals surface area contributed by atoms with E-state index in [4.69, 9.17) is 14.2 Å². The molecular formula is C48H84NO7+. The van der Waals surface area contributed by atoms with Crippen molar-refractivity contribution >= 4 is 17.9 Å². The second kappa shape index (κ2) is 38.9. The van der Waals surface area contributed by atoms with Crippen LogP contribution >= 0.6 is 0 Å². The Labute approximate surface area is 343 Å². The normalized spacial score (nSPS) is 13.5. The number of carboxylic acid groups (broad SMARTS) is 1. The van der Waals surface area contributed by atoms with Gasteiger partial charge in [0.15, 0.2) is 12.1 Å². The van der Waals surface area contributed by atoms with Gasteiger partial charge in [-0.1, -0.05) is 145 Å². The molecule has 0 saturated carbocycles. The van der Waals surface area contributed by atoms with Gasteiger partial charge in [0.25, 0.3) is 0 Å². The van der Waals surface area contributed by atoms with E-state index in [2.05, 4.69) is 74.6 Å². The van der Waals surface area contributed by atoms with E-state index in [1.54, 1.807) is 0 Å². The van der Waals surface area contributed by atoms with Crippen LogP contribution in [0.5, 0.6) is 0 Å². The van der Waals surface area contributed by atoms with Gasteiger partial charge < -0.3 is 23.8 Å². The third-order valence-electron chi connectivity index (χ3n) is 9.65. The first kappa shape index (κ1) is 53.0. The highest BCUT2D eigenvalue weighted by Crippen LogP contribution is 2.14. The minimum absolute atomic E-state index is 0.0493. The van der Waals surface area contributed by atoms with E-state index >= 15 is 0 Å². The zero-order valence-electron chi connectivity index (χ0n) is 36.6. The third kappa shape index (κ3) is 36.7. The number of hydrogen-bond acceptors (Lipinski definition) is 6. The lowest BCUT2D eigenvalue weighted by molar-refractivity contribution is -0.887. The number of rotatable bonds is 39.